The molecule has 0 aliphatic heterocycles. The zero-order valence-electron chi connectivity index (χ0n) is 14.3. The van der Waals surface area contributed by atoms with E-state index in [1.54, 1.807) is 19.1 Å². The Balaban J connectivity index is 1.50. The topological polar surface area (TPSA) is 71.2 Å². The fourth-order valence-electron chi connectivity index (χ4n) is 2.66. The summed E-state index contributed by atoms with van der Waals surface area (Å²) in [5.41, 5.74) is 2.75. The molecule has 0 saturated heterocycles. The standard InChI is InChI=1S/C20H19BrN2O3/c1-13(20(25)23-16-9-7-15(21)8-10-16)26-19(24)11-6-14-12-22-18-5-3-2-4-17(14)18/h2-5,7-10,12-13,22H,6,11H2,1H3,(H,23,25). The van der Waals surface area contributed by atoms with Crippen LogP contribution in [0.5, 0.6) is 0 Å². The number of anilines is 1. The molecule has 0 radical (unpaired) electrons. The van der Waals surface area contributed by atoms with E-state index in [0.717, 1.165) is 20.9 Å². The first kappa shape index (κ1) is 18.2. The van der Waals surface area contributed by atoms with Crippen molar-refractivity contribution < 1.29 is 14.3 Å². The molecule has 3 aromatic rings. The minimum absolute atomic E-state index is 0.220. The number of fused-ring (bicyclic) bond motifs is 1. The van der Waals surface area contributed by atoms with Gasteiger partial charge in [0, 0.05) is 33.7 Å². The SMILES string of the molecule is CC(OC(=O)CCc1c[nH]c2ccccc12)C(=O)Nc1ccc(Br)cc1. The van der Waals surface area contributed by atoms with Crippen LogP contribution in [0.15, 0.2) is 59.2 Å². The van der Waals surface area contributed by atoms with Crippen LogP contribution in [0.25, 0.3) is 10.9 Å². The third kappa shape index (κ3) is 4.52. The molecule has 2 N–H and O–H groups in total. The van der Waals surface area contributed by atoms with Gasteiger partial charge in [0.1, 0.15) is 0 Å². The highest BCUT2D eigenvalue weighted by Gasteiger charge is 2.18. The van der Waals surface area contributed by atoms with E-state index in [9.17, 15) is 9.59 Å². The number of nitrogens with one attached hydrogen (secondary N) is 2. The van der Waals surface area contributed by atoms with E-state index in [1.165, 1.54) is 0 Å². The van der Waals surface area contributed by atoms with Crippen molar-refractivity contribution in [2.45, 2.75) is 25.9 Å². The number of ether oxygens (including phenoxy) is 1. The van der Waals surface area contributed by atoms with Crippen molar-refractivity contribution in [2.75, 3.05) is 5.32 Å². The molecule has 0 fully saturated rings. The smallest absolute Gasteiger partial charge is 0.306 e. The number of esters is 1. The molecule has 134 valence electrons. The van der Waals surface area contributed by atoms with Gasteiger partial charge in [-0.05, 0) is 49.2 Å². The van der Waals surface area contributed by atoms with Gasteiger partial charge in [-0.2, -0.15) is 0 Å². The van der Waals surface area contributed by atoms with E-state index >= 15 is 0 Å². The molecule has 1 atom stereocenters. The summed E-state index contributed by atoms with van der Waals surface area (Å²) in [6, 6.07) is 15.1. The number of aromatic nitrogens is 1. The van der Waals surface area contributed by atoms with Crippen LogP contribution in [0, 0.1) is 0 Å². The minimum Gasteiger partial charge on any atom is -0.453 e. The fraction of sp³-hybridized carbons (Fsp3) is 0.200. The van der Waals surface area contributed by atoms with Crippen molar-refractivity contribution in [3.05, 3.63) is 64.8 Å². The van der Waals surface area contributed by atoms with Crippen LogP contribution in [0.2, 0.25) is 0 Å². The Bertz CT molecular complexity index is 918. The Kier molecular flexibility index (Phi) is 5.73. The molecule has 3 rings (SSSR count). The molecule has 2 aromatic carbocycles. The molecule has 1 aromatic heterocycles. The highest BCUT2D eigenvalue weighted by Crippen LogP contribution is 2.19. The third-order valence-corrected chi connectivity index (χ3v) is 4.59. The van der Waals surface area contributed by atoms with Crippen LogP contribution < -0.4 is 5.32 Å². The highest BCUT2D eigenvalue weighted by molar-refractivity contribution is 9.10. The van der Waals surface area contributed by atoms with Crippen molar-refractivity contribution in [1.82, 2.24) is 4.98 Å². The number of carbonyl (C=O) groups excluding carboxylic acids is 2. The van der Waals surface area contributed by atoms with Crippen LogP contribution in [-0.4, -0.2) is 23.0 Å². The zero-order valence-corrected chi connectivity index (χ0v) is 15.9. The summed E-state index contributed by atoms with van der Waals surface area (Å²) in [4.78, 5) is 27.4. The number of aromatic amines is 1. The van der Waals surface area contributed by atoms with Gasteiger partial charge in [0.05, 0.1) is 0 Å². The number of carbonyl (C=O) groups is 2. The molecular formula is C20H19BrN2O3. The minimum atomic E-state index is -0.853. The molecule has 1 amide bonds. The number of amides is 1. The van der Waals surface area contributed by atoms with Gasteiger partial charge in [-0.25, -0.2) is 0 Å². The summed E-state index contributed by atoms with van der Waals surface area (Å²) < 4.78 is 6.17. The van der Waals surface area contributed by atoms with Gasteiger partial charge in [-0.15, -0.1) is 0 Å². The Morgan fingerprint density at radius 1 is 1.15 bits per heavy atom. The average molecular weight is 415 g/mol. The number of halogens is 1. The molecule has 0 bridgehead atoms. The summed E-state index contributed by atoms with van der Waals surface area (Å²) in [5, 5.41) is 3.82. The summed E-state index contributed by atoms with van der Waals surface area (Å²) in [6.45, 7) is 1.57. The summed E-state index contributed by atoms with van der Waals surface area (Å²) in [5.74, 6) is -0.749. The van der Waals surface area contributed by atoms with E-state index in [4.69, 9.17) is 4.74 Å². The fourth-order valence-corrected chi connectivity index (χ4v) is 2.93. The quantitative estimate of drug-likeness (QED) is 0.585. The summed E-state index contributed by atoms with van der Waals surface area (Å²) in [7, 11) is 0. The van der Waals surface area contributed by atoms with Crippen molar-refractivity contribution in [2.24, 2.45) is 0 Å². The summed E-state index contributed by atoms with van der Waals surface area (Å²) >= 11 is 3.34. The second kappa shape index (κ2) is 8.19. The van der Waals surface area contributed by atoms with E-state index in [1.807, 2.05) is 42.6 Å². The van der Waals surface area contributed by atoms with E-state index in [-0.39, 0.29) is 12.3 Å². The van der Waals surface area contributed by atoms with Crippen molar-refractivity contribution >= 4 is 44.4 Å². The molecule has 0 saturated carbocycles. The maximum atomic E-state index is 12.1. The monoisotopic (exact) mass is 414 g/mol. The van der Waals surface area contributed by atoms with Gasteiger partial charge < -0.3 is 15.0 Å². The number of benzene rings is 2. The molecular weight excluding hydrogens is 396 g/mol. The molecule has 1 unspecified atom stereocenters. The van der Waals surface area contributed by atoms with Gasteiger partial charge in [-0.3, -0.25) is 9.59 Å². The second-order valence-electron chi connectivity index (χ2n) is 5.99. The number of para-hydroxylation sites is 1. The van der Waals surface area contributed by atoms with Crippen LogP contribution in [0.1, 0.15) is 18.9 Å². The van der Waals surface area contributed by atoms with E-state index < -0.39 is 12.1 Å². The molecule has 0 spiro atoms. The predicted octanol–water partition coefficient (Wildman–Crippen LogP) is 4.43. The Morgan fingerprint density at radius 3 is 2.65 bits per heavy atom. The number of rotatable bonds is 6. The first-order valence-corrected chi connectivity index (χ1v) is 9.13. The number of H-pyrrole nitrogens is 1. The van der Waals surface area contributed by atoms with Gasteiger partial charge in [0.25, 0.3) is 5.91 Å². The van der Waals surface area contributed by atoms with Crippen molar-refractivity contribution in [3.8, 4) is 0 Å². The van der Waals surface area contributed by atoms with Crippen LogP contribution in [-0.2, 0) is 20.7 Å². The maximum absolute atomic E-state index is 12.1. The lowest BCUT2D eigenvalue weighted by atomic mass is 10.1. The molecule has 0 aliphatic rings. The predicted molar refractivity (Wildman–Crippen MR) is 105 cm³/mol. The van der Waals surface area contributed by atoms with Crippen molar-refractivity contribution in [3.63, 3.8) is 0 Å². The number of aryl methyl sites for hydroxylation is 1. The highest BCUT2D eigenvalue weighted by atomic mass is 79.9. The zero-order chi connectivity index (χ0) is 18.5. The van der Waals surface area contributed by atoms with E-state index in [2.05, 4.69) is 26.2 Å². The molecule has 6 heteroatoms. The van der Waals surface area contributed by atoms with Crippen LogP contribution in [0.3, 0.4) is 0 Å². The third-order valence-electron chi connectivity index (χ3n) is 4.06. The molecule has 1 heterocycles. The van der Waals surface area contributed by atoms with Gasteiger partial charge in [-0.1, -0.05) is 34.1 Å². The van der Waals surface area contributed by atoms with Gasteiger partial charge >= 0.3 is 5.97 Å². The lowest BCUT2D eigenvalue weighted by Gasteiger charge is -2.13. The lowest BCUT2D eigenvalue weighted by molar-refractivity contribution is -0.153. The van der Waals surface area contributed by atoms with Crippen LogP contribution >= 0.6 is 15.9 Å². The summed E-state index contributed by atoms with van der Waals surface area (Å²) in [6.07, 6.45) is 1.83. The van der Waals surface area contributed by atoms with Crippen LogP contribution in [0.4, 0.5) is 5.69 Å². The number of hydrogen-bond donors (Lipinski definition) is 2. The Morgan fingerprint density at radius 2 is 1.88 bits per heavy atom. The van der Waals surface area contributed by atoms with Gasteiger partial charge in [0.2, 0.25) is 0 Å². The van der Waals surface area contributed by atoms with Crippen molar-refractivity contribution in [1.29, 1.82) is 0 Å². The first-order valence-electron chi connectivity index (χ1n) is 8.34. The molecule has 26 heavy (non-hydrogen) atoms. The van der Waals surface area contributed by atoms with Gasteiger partial charge in [0.15, 0.2) is 6.10 Å². The maximum Gasteiger partial charge on any atom is 0.306 e. The Labute approximate surface area is 159 Å². The largest absolute Gasteiger partial charge is 0.453 e. The average Bonchev–Trinajstić information content (AvgIpc) is 3.05. The first-order chi connectivity index (χ1) is 12.5. The second-order valence-corrected chi connectivity index (χ2v) is 6.90. The molecule has 5 nitrogen and oxygen atoms in total. The lowest BCUT2D eigenvalue weighted by Crippen LogP contribution is -2.30. The van der Waals surface area contributed by atoms with E-state index in [0.29, 0.717) is 12.1 Å². The normalized spacial score (nSPS) is 11.9. The molecule has 0 aliphatic carbocycles. The Hall–Kier alpha value is -2.60. The number of hydrogen-bond acceptors (Lipinski definition) is 3.